The summed E-state index contributed by atoms with van der Waals surface area (Å²) in [5.41, 5.74) is 0. The van der Waals surface area contributed by atoms with E-state index in [4.69, 9.17) is 24.7 Å². The molecule has 1 aliphatic carbocycles. The predicted molar refractivity (Wildman–Crippen MR) is 42.1 cm³/mol. The molecule has 9 heteroatoms. The van der Waals surface area contributed by atoms with E-state index in [9.17, 15) is 9.13 Å². The van der Waals surface area contributed by atoms with Crippen LogP contribution in [0.3, 0.4) is 0 Å². The number of rotatable bonds is 2. The summed E-state index contributed by atoms with van der Waals surface area (Å²) in [6.07, 6.45) is -1.99. The highest BCUT2D eigenvalue weighted by Gasteiger charge is 2.69. The molecular weight excluding hydrogens is 222 g/mol. The fraction of sp³-hybridized carbons (Fsp3) is 1.00. The van der Waals surface area contributed by atoms with Gasteiger partial charge < -0.3 is 24.7 Å². The molecule has 0 spiro atoms. The Labute approximate surface area is 73.7 Å². The molecular formula is C4H10O7P2. The molecule has 1 aliphatic rings. The summed E-state index contributed by atoms with van der Waals surface area (Å²) in [7, 11) is -9.98. The van der Waals surface area contributed by atoms with Gasteiger partial charge in [-0.15, -0.1) is 0 Å². The van der Waals surface area contributed by atoms with Crippen LogP contribution in [0.1, 0.15) is 12.8 Å². The molecule has 1 fully saturated rings. The van der Waals surface area contributed by atoms with Crippen molar-refractivity contribution in [3.63, 3.8) is 0 Å². The van der Waals surface area contributed by atoms with E-state index in [1.165, 1.54) is 0 Å². The number of aliphatic hydroxyl groups is 1. The lowest BCUT2D eigenvalue weighted by Crippen LogP contribution is -2.50. The zero-order chi connectivity index (χ0) is 10.5. The minimum Gasteiger partial charge on any atom is -0.391 e. The van der Waals surface area contributed by atoms with Gasteiger partial charge in [0.15, 0.2) is 4.90 Å². The summed E-state index contributed by atoms with van der Waals surface area (Å²) in [4.78, 5) is 32.5. The molecule has 5 N–H and O–H groups in total. The van der Waals surface area contributed by atoms with Gasteiger partial charge in [-0.1, -0.05) is 0 Å². The van der Waals surface area contributed by atoms with Crippen LogP contribution >= 0.6 is 15.2 Å². The molecule has 1 saturated carbocycles. The zero-order valence-corrected chi connectivity index (χ0v) is 8.23. The van der Waals surface area contributed by atoms with Crippen LogP contribution in [0, 0.1) is 0 Å². The molecule has 0 saturated heterocycles. The van der Waals surface area contributed by atoms with Crippen LogP contribution in [-0.4, -0.2) is 35.7 Å². The van der Waals surface area contributed by atoms with Crippen LogP contribution in [0.5, 0.6) is 0 Å². The lowest BCUT2D eigenvalue weighted by molar-refractivity contribution is 0.0547. The Morgan fingerprint density at radius 1 is 1.08 bits per heavy atom. The van der Waals surface area contributed by atoms with E-state index in [1.807, 2.05) is 0 Å². The van der Waals surface area contributed by atoms with Crippen LogP contribution in [0.2, 0.25) is 0 Å². The molecule has 78 valence electrons. The van der Waals surface area contributed by atoms with Crippen LogP contribution in [0.4, 0.5) is 0 Å². The van der Waals surface area contributed by atoms with Gasteiger partial charge in [0, 0.05) is 0 Å². The summed E-state index contributed by atoms with van der Waals surface area (Å²) in [5, 5.41) is 9.04. The third-order valence-corrected chi connectivity index (χ3v) is 6.95. The standard InChI is InChI=1S/C4H10O7P2/c5-3-1-2-4(3,12(6,7)8)13(9,10)11/h3,5H,1-2H2,(H2,6,7,8)(H2,9,10,11). The van der Waals surface area contributed by atoms with Gasteiger partial charge in [-0.05, 0) is 12.8 Å². The molecule has 0 amide bonds. The lowest BCUT2D eigenvalue weighted by atomic mass is 9.94. The van der Waals surface area contributed by atoms with Crippen molar-refractivity contribution in [2.24, 2.45) is 0 Å². The highest BCUT2D eigenvalue weighted by atomic mass is 31.2. The predicted octanol–water partition coefficient (Wildman–Crippen LogP) is -0.807. The summed E-state index contributed by atoms with van der Waals surface area (Å²) < 4.78 is 21.7. The van der Waals surface area contributed by atoms with E-state index in [-0.39, 0.29) is 12.8 Å². The summed E-state index contributed by atoms with van der Waals surface area (Å²) >= 11 is 0. The first kappa shape index (κ1) is 11.3. The molecule has 0 bridgehead atoms. The van der Waals surface area contributed by atoms with Crippen molar-refractivity contribution in [1.82, 2.24) is 0 Å². The SMILES string of the molecule is O=P(O)(O)C1(P(=O)(O)O)CCC1O. The highest BCUT2D eigenvalue weighted by molar-refractivity contribution is 7.72. The van der Waals surface area contributed by atoms with Gasteiger partial charge in [0.1, 0.15) is 0 Å². The third kappa shape index (κ3) is 1.41. The van der Waals surface area contributed by atoms with Gasteiger partial charge in [0.25, 0.3) is 0 Å². The molecule has 1 unspecified atom stereocenters. The quantitative estimate of drug-likeness (QED) is 0.393. The van der Waals surface area contributed by atoms with Crippen molar-refractivity contribution in [3.8, 4) is 0 Å². The van der Waals surface area contributed by atoms with E-state index >= 15 is 0 Å². The summed E-state index contributed by atoms with van der Waals surface area (Å²) in [5.74, 6) is 0. The molecule has 1 atom stereocenters. The van der Waals surface area contributed by atoms with Gasteiger partial charge >= 0.3 is 15.2 Å². The fourth-order valence-electron chi connectivity index (χ4n) is 1.38. The first-order chi connectivity index (χ1) is 5.63. The lowest BCUT2D eigenvalue weighted by Gasteiger charge is -2.45. The second-order valence-electron chi connectivity index (χ2n) is 3.02. The topological polar surface area (TPSA) is 135 Å². The average Bonchev–Trinajstić information content (AvgIpc) is 1.77. The largest absolute Gasteiger partial charge is 0.391 e. The highest BCUT2D eigenvalue weighted by Crippen LogP contribution is 2.76. The van der Waals surface area contributed by atoms with Crippen molar-refractivity contribution >= 4 is 15.2 Å². The van der Waals surface area contributed by atoms with Crippen LogP contribution in [0.15, 0.2) is 0 Å². The van der Waals surface area contributed by atoms with E-state index in [2.05, 4.69) is 0 Å². The van der Waals surface area contributed by atoms with Gasteiger partial charge in [0.05, 0.1) is 6.10 Å². The zero-order valence-electron chi connectivity index (χ0n) is 6.44. The van der Waals surface area contributed by atoms with E-state index in [0.717, 1.165) is 0 Å². The molecule has 1 rings (SSSR count). The Hall–Kier alpha value is 0.260. The maximum absolute atomic E-state index is 10.8. The minimum absolute atomic E-state index is 0.00375. The minimum atomic E-state index is -4.99. The number of aliphatic hydroxyl groups excluding tert-OH is 1. The van der Waals surface area contributed by atoms with Crippen LogP contribution in [0.25, 0.3) is 0 Å². The molecule has 7 nitrogen and oxygen atoms in total. The van der Waals surface area contributed by atoms with Gasteiger partial charge in [-0.2, -0.15) is 0 Å². The maximum Gasteiger partial charge on any atom is 0.346 e. The van der Waals surface area contributed by atoms with E-state index in [0.29, 0.717) is 0 Å². The molecule has 0 aromatic carbocycles. The summed E-state index contributed by atoms with van der Waals surface area (Å²) in [6, 6.07) is 0. The van der Waals surface area contributed by atoms with Crippen LogP contribution < -0.4 is 0 Å². The normalized spacial score (nSPS) is 28.2. The Morgan fingerprint density at radius 2 is 1.46 bits per heavy atom. The maximum atomic E-state index is 10.8. The molecule has 0 radical (unpaired) electrons. The first-order valence-electron chi connectivity index (χ1n) is 3.42. The third-order valence-electron chi connectivity index (χ3n) is 2.33. The average molecular weight is 232 g/mol. The van der Waals surface area contributed by atoms with Gasteiger partial charge in [0.2, 0.25) is 0 Å². The smallest absolute Gasteiger partial charge is 0.346 e. The first-order valence-corrected chi connectivity index (χ1v) is 6.65. The van der Waals surface area contributed by atoms with E-state index in [1.54, 1.807) is 0 Å². The number of hydrogen-bond acceptors (Lipinski definition) is 3. The molecule has 0 heterocycles. The van der Waals surface area contributed by atoms with Crippen molar-refractivity contribution in [3.05, 3.63) is 0 Å². The molecule has 13 heavy (non-hydrogen) atoms. The van der Waals surface area contributed by atoms with Gasteiger partial charge in [-0.25, -0.2) is 0 Å². The molecule has 0 aromatic heterocycles. The molecule has 0 aliphatic heterocycles. The summed E-state index contributed by atoms with van der Waals surface area (Å²) in [6.45, 7) is 0. The second-order valence-corrected chi connectivity index (χ2v) is 7.15. The second kappa shape index (κ2) is 2.87. The van der Waals surface area contributed by atoms with Crippen molar-refractivity contribution in [1.29, 1.82) is 0 Å². The Kier molecular flexibility index (Phi) is 2.51. The Balaban J connectivity index is 3.20. The Bertz CT molecular complexity index is 278. The number of hydrogen-bond donors (Lipinski definition) is 5. The van der Waals surface area contributed by atoms with Gasteiger partial charge in [-0.3, -0.25) is 9.13 Å². The molecule has 0 aromatic rings. The van der Waals surface area contributed by atoms with Crippen molar-refractivity contribution < 1.29 is 33.8 Å². The van der Waals surface area contributed by atoms with Crippen LogP contribution in [-0.2, 0) is 9.13 Å². The van der Waals surface area contributed by atoms with Crippen molar-refractivity contribution in [2.75, 3.05) is 0 Å². The monoisotopic (exact) mass is 232 g/mol. The fourth-order valence-corrected chi connectivity index (χ4v) is 4.61. The Morgan fingerprint density at radius 3 is 1.46 bits per heavy atom. The van der Waals surface area contributed by atoms with E-state index < -0.39 is 26.2 Å². The van der Waals surface area contributed by atoms with Crippen molar-refractivity contribution in [2.45, 2.75) is 23.8 Å².